The smallest absolute Gasteiger partial charge is 0.387 e. The van der Waals surface area contributed by atoms with Gasteiger partial charge in [0.05, 0.1) is 4.90 Å². The summed E-state index contributed by atoms with van der Waals surface area (Å²) in [6.45, 7) is -6.54. The molecule has 0 saturated heterocycles. The first kappa shape index (κ1) is 23.2. The van der Waals surface area contributed by atoms with Crippen molar-refractivity contribution in [2.45, 2.75) is 18.1 Å². The molecular weight excluding hydrogens is 550 g/mol. The van der Waals surface area contributed by atoms with Gasteiger partial charge in [0.2, 0.25) is 9.84 Å². The molecule has 0 spiro atoms. The Morgan fingerprint density at radius 1 is 1.03 bits per heavy atom. The second-order valence-corrected chi connectivity index (χ2v) is 8.81. The molecule has 0 atom stereocenters. The van der Waals surface area contributed by atoms with Crippen LogP contribution in [0.1, 0.15) is 5.56 Å². The molecule has 0 aliphatic heterocycles. The maximum Gasteiger partial charge on any atom is 0.387 e. The zero-order valence-electron chi connectivity index (χ0n) is 14.0. The SMILES string of the molecule is N#C/C(=C/c1ccc(OC(F)F)cc1OC(F)F)S(=O)(=O)c1cc(Br)ccc1Br. The van der Waals surface area contributed by atoms with Crippen LogP contribution in [0, 0.1) is 11.3 Å². The van der Waals surface area contributed by atoms with Crippen molar-refractivity contribution in [3.8, 4) is 17.6 Å². The van der Waals surface area contributed by atoms with Crippen LogP contribution in [0.2, 0.25) is 0 Å². The number of sulfone groups is 1. The second kappa shape index (κ2) is 9.60. The Morgan fingerprint density at radius 2 is 1.69 bits per heavy atom. The van der Waals surface area contributed by atoms with Crippen LogP contribution in [-0.2, 0) is 9.84 Å². The van der Waals surface area contributed by atoms with Gasteiger partial charge in [-0.25, -0.2) is 8.42 Å². The molecule has 12 heteroatoms. The third kappa shape index (κ3) is 5.94. The molecule has 0 unspecified atom stereocenters. The zero-order valence-corrected chi connectivity index (χ0v) is 17.9. The van der Waals surface area contributed by atoms with Gasteiger partial charge in [0, 0.05) is 20.6 Å². The minimum atomic E-state index is -4.35. The Morgan fingerprint density at radius 3 is 2.28 bits per heavy atom. The fraction of sp³-hybridized carbons (Fsp3) is 0.118. The Kier molecular flexibility index (Phi) is 7.67. The summed E-state index contributed by atoms with van der Waals surface area (Å²) in [4.78, 5) is -1.02. The summed E-state index contributed by atoms with van der Waals surface area (Å²) in [5.41, 5.74) is -0.252. The first-order valence-corrected chi connectivity index (χ1v) is 10.5. The van der Waals surface area contributed by atoms with Gasteiger partial charge in [0.25, 0.3) is 0 Å². The predicted octanol–water partition coefficient (Wildman–Crippen LogP) is 5.75. The summed E-state index contributed by atoms with van der Waals surface area (Å²) in [6.07, 6.45) is 0.798. The highest BCUT2D eigenvalue weighted by molar-refractivity contribution is 9.11. The number of nitriles is 1. The van der Waals surface area contributed by atoms with E-state index in [1.807, 2.05) is 0 Å². The summed E-state index contributed by atoms with van der Waals surface area (Å²) in [7, 11) is -4.35. The quantitative estimate of drug-likeness (QED) is 0.319. The minimum Gasteiger partial charge on any atom is -0.435 e. The lowest BCUT2D eigenvalue weighted by Gasteiger charge is -2.12. The molecule has 0 heterocycles. The first-order valence-electron chi connectivity index (χ1n) is 7.40. The molecule has 0 aliphatic carbocycles. The lowest BCUT2D eigenvalue weighted by Crippen LogP contribution is -2.07. The Labute approximate surface area is 179 Å². The molecule has 0 radical (unpaired) electrons. The van der Waals surface area contributed by atoms with Crippen LogP contribution in [0.3, 0.4) is 0 Å². The molecule has 0 aromatic heterocycles. The molecule has 5 nitrogen and oxygen atoms in total. The number of rotatable bonds is 7. The van der Waals surface area contributed by atoms with Gasteiger partial charge in [-0.15, -0.1) is 0 Å². The summed E-state index contributed by atoms with van der Waals surface area (Å²) in [5.74, 6) is -1.13. The van der Waals surface area contributed by atoms with E-state index in [1.54, 1.807) is 6.07 Å². The average molecular weight is 559 g/mol. The normalized spacial score (nSPS) is 12.2. The molecule has 29 heavy (non-hydrogen) atoms. The number of benzene rings is 2. The van der Waals surface area contributed by atoms with Crippen molar-refractivity contribution in [2.24, 2.45) is 0 Å². The van der Waals surface area contributed by atoms with E-state index in [4.69, 9.17) is 0 Å². The van der Waals surface area contributed by atoms with Crippen molar-refractivity contribution in [3.63, 3.8) is 0 Å². The fourth-order valence-corrected chi connectivity index (χ4v) is 4.77. The largest absolute Gasteiger partial charge is 0.435 e. The number of allylic oxidation sites excluding steroid dienone is 1. The van der Waals surface area contributed by atoms with Crippen molar-refractivity contribution >= 4 is 47.8 Å². The monoisotopic (exact) mass is 557 g/mol. The van der Waals surface area contributed by atoms with E-state index in [-0.39, 0.29) is 14.9 Å². The van der Waals surface area contributed by atoms with E-state index in [9.17, 15) is 31.2 Å². The standard InChI is InChI=1S/C17H9Br2F4NO4S/c18-10-2-4-13(19)15(6-10)29(25,26)12(8-24)5-9-1-3-11(27-16(20)21)7-14(9)28-17(22)23/h1-7,16-17H/b12-5-. The van der Waals surface area contributed by atoms with Gasteiger partial charge in [-0.2, -0.15) is 22.8 Å². The van der Waals surface area contributed by atoms with Gasteiger partial charge in [0.1, 0.15) is 22.5 Å². The topological polar surface area (TPSA) is 76.4 Å². The van der Waals surface area contributed by atoms with Crippen LogP contribution in [0.25, 0.3) is 6.08 Å². The van der Waals surface area contributed by atoms with Gasteiger partial charge in [-0.05, 0) is 52.3 Å². The number of alkyl halides is 4. The van der Waals surface area contributed by atoms with Crippen LogP contribution < -0.4 is 9.47 Å². The van der Waals surface area contributed by atoms with Crippen molar-refractivity contribution in [3.05, 3.63) is 55.8 Å². The van der Waals surface area contributed by atoms with Crippen molar-refractivity contribution in [1.82, 2.24) is 0 Å². The first-order chi connectivity index (χ1) is 13.5. The molecular formula is C17H9Br2F4NO4S. The van der Waals surface area contributed by atoms with Gasteiger partial charge in [-0.3, -0.25) is 0 Å². The van der Waals surface area contributed by atoms with Crippen LogP contribution in [-0.4, -0.2) is 21.6 Å². The minimum absolute atomic E-state index is 0.173. The molecule has 0 N–H and O–H groups in total. The lowest BCUT2D eigenvalue weighted by molar-refractivity contribution is -0.0543. The second-order valence-electron chi connectivity index (χ2n) is 5.16. The van der Waals surface area contributed by atoms with E-state index in [1.165, 1.54) is 18.2 Å². The number of halogens is 6. The van der Waals surface area contributed by atoms with E-state index in [0.717, 1.165) is 24.3 Å². The highest BCUT2D eigenvalue weighted by atomic mass is 79.9. The highest BCUT2D eigenvalue weighted by Crippen LogP contribution is 2.33. The maximum atomic E-state index is 12.8. The average Bonchev–Trinajstić information content (AvgIpc) is 2.61. The lowest BCUT2D eigenvalue weighted by atomic mass is 10.2. The number of nitrogens with zero attached hydrogens (tertiary/aromatic N) is 1. The van der Waals surface area contributed by atoms with Crippen LogP contribution >= 0.6 is 31.9 Å². The van der Waals surface area contributed by atoms with Crippen molar-refractivity contribution in [2.75, 3.05) is 0 Å². The number of hydrogen-bond donors (Lipinski definition) is 0. The van der Waals surface area contributed by atoms with Gasteiger partial charge >= 0.3 is 13.2 Å². The third-order valence-corrected chi connectivity index (χ3v) is 6.45. The Bertz CT molecular complexity index is 1090. The molecule has 0 saturated carbocycles. The Balaban J connectivity index is 2.59. The van der Waals surface area contributed by atoms with E-state index in [2.05, 4.69) is 41.3 Å². The summed E-state index contributed by atoms with van der Waals surface area (Å²) in [6, 6.07) is 8.50. The number of ether oxygens (including phenoxy) is 2. The maximum absolute atomic E-state index is 12.8. The molecule has 2 aromatic carbocycles. The van der Waals surface area contributed by atoms with Crippen molar-refractivity contribution in [1.29, 1.82) is 5.26 Å². The summed E-state index contributed by atoms with van der Waals surface area (Å²) >= 11 is 6.21. The van der Waals surface area contributed by atoms with E-state index in [0.29, 0.717) is 4.47 Å². The molecule has 0 aliphatic rings. The zero-order chi connectivity index (χ0) is 21.8. The van der Waals surface area contributed by atoms with Crippen LogP contribution in [0.5, 0.6) is 11.5 Å². The van der Waals surface area contributed by atoms with Gasteiger partial charge in [0.15, 0.2) is 0 Å². The molecule has 154 valence electrons. The fourth-order valence-electron chi connectivity index (χ4n) is 2.12. The predicted molar refractivity (Wildman–Crippen MR) is 102 cm³/mol. The Hall–Kier alpha value is -2.10. The summed E-state index contributed by atoms with van der Waals surface area (Å²) in [5, 5.41) is 9.35. The summed E-state index contributed by atoms with van der Waals surface area (Å²) < 4.78 is 84.7. The van der Waals surface area contributed by atoms with Gasteiger partial charge in [-0.1, -0.05) is 15.9 Å². The molecule has 2 rings (SSSR count). The molecule has 0 bridgehead atoms. The van der Waals surface area contributed by atoms with Crippen LogP contribution in [0.4, 0.5) is 17.6 Å². The van der Waals surface area contributed by atoms with Gasteiger partial charge < -0.3 is 9.47 Å². The van der Waals surface area contributed by atoms with Crippen molar-refractivity contribution < 1.29 is 35.5 Å². The van der Waals surface area contributed by atoms with E-state index >= 15 is 0 Å². The van der Waals surface area contributed by atoms with E-state index < -0.39 is 39.5 Å². The number of hydrogen-bond acceptors (Lipinski definition) is 5. The molecule has 0 fully saturated rings. The highest BCUT2D eigenvalue weighted by Gasteiger charge is 2.25. The molecule has 2 aromatic rings. The molecule has 0 amide bonds. The van der Waals surface area contributed by atoms with Crippen LogP contribution in [0.15, 0.2) is 55.1 Å². The third-order valence-electron chi connectivity index (χ3n) is 3.30.